The summed E-state index contributed by atoms with van der Waals surface area (Å²) >= 11 is 0. The van der Waals surface area contributed by atoms with Crippen LogP contribution in [0.25, 0.3) is 0 Å². The first kappa shape index (κ1) is 16.3. The molecule has 0 aliphatic heterocycles. The quantitative estimate of drug-likeness (QED) is 0.593. The molecular weight excluding hydrogens is 250 g/mol. The van der Waals surface area contributed by atoms with E-state index >= 15 is 0 Å². The van der Waals surface area contributed by atoms with E-state index in [-0.39, 0.29) is 5.91 Å². The highest BCUT2D eigenvalue weighted by molar-refractivity contribution is 5.95. The molecule has 1 aromatic carbocycles. The fourth-order valence-corrected chi connectivity index (χ4v) is 2.11. The average molecular weight is 277 g/mol. The SMILES string of the molecule is CCCCCC(C)Nc1cc(C(=O)N(C)C)ccc1N. The van der Waals surface area contributed by atoms with E-state index in [1.165, 1.54) is 19.3 Å². The second-order valence-corrected chi connectivity index (χ2v) is 5.54. The van der Waals surface area contributed by atoms with E-state index in [1.54, 1.807) is 31.1 Å². The van der Waals surface area contributed by atoms with Crippen molar-refractivity contribution < 1.29 is 4.79 Å². The molecule has 4 nitrogen and oxygen atoms in total. The van der Waals surface area contributed by atoms with Gasteiger partial charge in [-0.25, -0.2) is 0 Å². The summed E-state index contributed by atoms with van der Waals surface area (Å²) in [7, 11) is 3.50. The number of unbranched alkanes of at least 4 members (excludes halogenated alkanes) is 2. The molecule has 0 saturated heterocycles. The number of carbonyl (C=O) groups excluding carboxylic acids is 1. The van der Waals surface area contributed by atoms with Crippen LogP contribution >= 0.6 is 0 Å². The summed E-state index contributed by atoms with van der Waals surface area (Å²) < 4.78 is 0. The van der Waals surface area contributed by atoms with Gasteiger partial charge in [0.1, 0.15) is 0 Å². The summed E-state index contributed by atoms with van der Waals surface area (Å²) in [4.78, 5) is 13.5. The molecule has 1 atom stereocenters. The predicted molar refractivity (Wildman–Crippen MR) is 86.1 cm³/mol. The van der Waals surface area contributed by atoms with Crippen molar-refractivity contribution in [2.75, 3.05) is 25.1 Å². The fraction of sp³-hybridized carbons (Fsp3) is 0.562. The molecule has 1 unspecified atom stereocenters. The summed E-state index contributed by atoms with van der Waals surface area (Å²) in [5.74, 6) is -0.00770. The molecule has 1 amide bonds. The number of hydrogen-bond donors (Lipinski definition) is 2. The van der Waals surface area contributed by atoms with Gasteiger partial charge in [0.2, 0.25) is 0 Å². The third-order valence-electron chi connectivity index (χ3n) is 3.35. The standard InChI is InChI=1S/C16H27N3O/c1-5-6-7-8-12(2)18-15-11-13(9-10-14(15)17)16(20)19(3)4/h9-12,18H,5-8,17H2,1-4H3. The lowest BCUT2D eigenvalue weighted by atomic mass is 10.1. The maximum absolute atomic E-state index is 12.0. The number of nitrogens with one attached hydrogen (secondary N) is 1. The zero-order valence-electron chi connectivity index (χ0n) is 13.1. The Morgan fingerprint density at radius 2 is 2.05 bits per heavy atom. The van der Waals surface area contributed by atoms with Gasteiger partial charge in [0.25, 0.3) is 5.91 Å². The van der Waals surface area contributed by atoms with E-state index in [0.717, 1.165) is 12.1 Å². The maximum atomic E-state index is 12.0. The number of amides is 1. The molecule has 0 radical (unpaired) electrons. The van der Waals surface area contributed by atoms with Gasteiger partial charge in [-0.3, -0.25) is 4.79 Å². The first-order chi connectivity index (χ1) is 9.45. The van der Waals surface area contributed by atoms with E-state index in [1.807, 2.05) is 6.07 Å². The summed E-state index contributed by atoms with van der Waals surface area (Å²) in [5.41, 5.74) is 8.17. The zero-order valence-corrected chi connectivity index (χ0v) is 13.1. The summed E-state index contributed by atoms with van der Waals surface area (Å²) in [6.45, 7) is 4.35. The van der Waals surface area contributed by atoms with Crippen LogP contribution in [0.1, 0.15) is 49.9 Å². The first-order valence-electron chi connectivity index (χ1n) is 7.33. The maximum Gasteiger partial charge on any atom is 0.253 e. The third kappa shape index (κ3) is 4.76. The van der Waals surface area contributed by atoms with Gasteiger partial charge in [-0.2, -0.15) is 0 Å². The van der Waals surface area contributed by atoms with E-state index in [4.69, 9.17) is 5.73 Å². The number of carbonyl (C=O) groups is 1. The van der Waals surface area contributed by atoms with Gasteiger partial charge in [-0.15, -0.1) is 0 Å². The van der Waals surface area contributed by atoms with E-state index in [2.05, 4.69) is 19.2 Å². The summed E-state index contributed by atoms with van der Waals surface area (Å²) in [5, 5.41) is 3.41. The van der Waals surface area contributed by atoms with Gasteiger partial charge in [0.15, 0.2) is 0 Å². The molecule has 1 rings (SSSR count). The van der Waals surface area contributed by atoms with Gasteiger partial charge in [-0.1, -0.05) is 26.2 Å². The number of anilines is 2. The molecule has 0 aliphatic rings. The second-order valence-electron chi connectivity index (χ2n) is 5.54. The Hall–Kier alpha value is -1.71. The van der Waals surface area contributed by atoms with E-state index in [9.17, 15) is 4.79 Å². The molecular formula is C16H27N3O. The van der Waals surface area contributed by atoms with Gasteiger partial charge < -0.3 is 16.0 Å². The van der Waals surface area contributed by atoms with Gasteiger partial charge in [0.05, 0.1) is 11.4 Å². The highest BCUT2D eigenvalue weighted by Gasteiger charge is 2.11. The van der Waals surface area contributed by atoms with Gasteiger partial charge in [-0.05, 0) is 31.5 Å². The highest BCUT2D eigenvalue weighted by Crippen LogP contribution is 2.22. The lowest BCUT2D eigenvalue weighted by Crippen LogP contribution is -2.22. The average Bonchev–Trinajstić information content (AvgIpc) is 2.40. The lowest BCUT2D eigenvalue weighted by molar-refractivity contribution is 0.0827. The second kappa shape index (κ2) is 7.78. The highest BCUT2D eigenvalue weighted by atomic mass is 16.2. The molecule has 4 heteroatoms. The van der Waals surface area contributed by atoms with Crippen LogP contribution in [0.15, 0.2) is 18.2 Å². The van der Waals surface area contributed by atoms with Crippen LogP contribution in [0.5, 0.6) is 0 Å². The number of nitrogens with two attached hydrogens (primary N) is 1. The lowest BCUT2D eigenvalue weighted by Gasteiger charge is -2.18. The van der Waals surface area contributed by atoms with E-state index < -0.39 is 0 Å². The topological polar surface area (TPSA) is 58.4 Å². The summed E-state index contributed by atoms with van der Waals surface area (Å²) in [6.07, 6.45) is 4.79. The Bertz CT molecular complexity index is 443. The smallest absolute Gasteiger partial charge is 0.253 e. The van der Waals surface area contributed by atoms with Crippen LogP contribution in [0.3, 0.4) is 0 Å². The van der Waals surface area contributed by atoms with Crippen LogP contribution in [0, 0.1) is 0 Å². The Balaban J connectivity index is 2.74. The molecule has 3 N–H and O–H groups in total. The van der Waals surface area contributed by atoms with Crippen molar-refractivity contribution in [3.05, 3.63) is 23.8 Å². The fourth-order valence-electron chi connectivity index (χ4n) is 2.11. The van der Waals surface area contributed by atoms with Crippen molar-refractivity contribution in [2.45, 2.75) is 45.6 Å². The molecule has 0 spiro atoms. The minimum atomic E-state index is -0.00770. The monoisotopic (exact) mass is 277 g/mol. The minimum Gasteiger partial charge on any atom is -0.397 e. The van der Waals surface area contributed by atoms with Crippen LogP contribution in [0.2, 0.25) is 0 Å². The van der Waals surface area contributed by atoms with Crippen LogP contribution < -0.4 is 11.1 Å². The Kier molecular flexibility index (Phi) is 6.36. The number of nitrogen functional groups attached to an aromatic ring is 1. The van der Waals surface area contributed by atoms with Gasteiger partial charge in [0, 0.05) is 25.7 Å². The minimum absolute atomic E-state index is 0.00770. The van der Waals surface area contributed by atoms with Gasteiger partial charge >= 0.3 is 0 Å². The van der Waals surface area contributed by atoms with Crippen molar-refractivity contribution >= 4 is 17.3 Å². The molecule has 20 heavy (non-hydrogen) atoms. The Morgan fingerprint density at radius 3 is 2.65 bits per heavy atom. The molecule has 0 heterocycles. The molecule has 0 aliphatic carbocycles. The van der Waals surface area contributed by atoms with Crippen molar-refractivity contribution in [1.82, 2.24) is 4.90 Å². The van der Waals surface area contributed by atoms with Crippen molar-refractivity contribution in [2.24, 2.45) is 0 Å². The van der Waals surface area contributed by atoms with Crippen molar-refractivity contribution in [1.29, 1.82) is 0 Å². The zero-order chi connectivity index (χ0) is 15.1. The Morgan fingerprint density at radius 1 is 1.35 bits per heavy atom. The molecule has 0 fully saturated rings. The largest absolute Gasteiger partial charge is 0.397 e. The van der Waals surface area contributed by atoms with E-state index in [0.29, 0.717) is 17.3 Å². The van der Waals surface area contributed by atoms with Crippen LogP contribution in [0.4, 0.5) is 11.4 Å². The van der Waals surface area contributed by atoms with Crippen molar-refractivity contribution in [3.8, 4) is 0 Å². The number of benzene rings is 1. The Labute approximate surface area is 122 Å². The normalized spacial score (nSPS) is 12.0. The van der Waals surface area contributed by atoms with Crippen LogP contribution in [-0.4, -0.2) is 30.9 Å². The third-order valence-corrected chi connectivity index (χ3v) is 3.35. The molecule has 0 saturated carbocycles. The molecule has 112 valence electrons. The van der Waals surface area contributed by atoms with Crippen molar-refractivity contribution in [3.63, 3.8) is 0 Å². The summed E-state index contributed by atoms with van der Waals surface area (Å²) in [6, 6.07) is 5.75. The first-order valence-corrected chi connectivity index (χ1v) is 7.33. The molecule has 0 bridgehead atoms. The molecule has 0 aromatic heterocycles. The number of hydrogen-bond acceptors (Lipinski definition) is 3. The predicted octanol–water partition coefficient (Wildman–Crippen LogP) is 3.35. The molecule has 1 aromatic rings. The number of nitrogens with zero attached hydrogens (tertiary/aromatic N) is 1. The van der Waals surface area contributed by atoms with Crippen LogP contribution in [-0.2, 0) is 0 Å². The number of rotatable bonds is 7.